The Labute approximate surface area is 110 Å². The van der Waals surface area contributed by atoms with E-state index in [1.54, 1.807) is 0 Å². The lowest BCUT2D eigenvalue weighted by Crippen LogP contribution is -2.37. The topological polar surface area (TPSA) is 26.0 Å². The first-order chi connectivity index (χ1) is 7.80. The van der Waals surface area contributed by atoms with Crippen LogP contribution in [0.2, 0.25) is 0 Å². The van der Waals surface area contributed by atoms with Crippen LogP contribution in [-0.2, 0) is 0 Å². The maximum Gasteiger partial charge on any atom is 0.0183 e. The molecule has 0 heterocycles. The van der Waals surface area contributed by atoms with Crippen LogP contribution in [0.1, 0.15) is 46.1 Å². The molecule has 1 aromatic rings. The molecule has 96 valence electrons. The molecule has 1 nitrogen and oxygen atoms in total. The highest BCUT2D eigenvalue weighted by atomic mass is 32.2. The lowest BCUT2D eigenvalue weighted by atomic mass is 9.89. The zero-order chi connectivity index (χ0) is 13.1. The fraction of sp³-hybridized carbons (Fsp3) is 0.600. The van der Waals surface area contributed by atoms with Crippen LogP contribution in [0.5, 0.6) is 0 Å². The minimum absolute atomic E-state index is 0.185. The van der Waals surface area contributed by atoms with Crippen molar-refractivity contribution in [3.05, 3.63) is 29.8 Å². The Morgan fingerprint density at radius 2 is 1.65 bits per heavy atom. The summed E-state index contributed by atoms with van der Waals surface area (Å²) in [6.45, 7) is 11.0. The second kappa shape index (κ2) is 5.92. The smallest absolute Gasteiger partial charge is 0.0183 e. The number of nitrogens with two attached hydrogens (primary N) is 1. The summed E-state index contributed by atoms with van der Waals surface area (Å²) in [6, 6.07) is 9.08. The van der Waals surface area contributed by atoms with Crippen LogP contribution in [0, 0.1) is 5.41 Å². The summed E-state index contributed by atoms with van der Waals surface area (Å²) in [5.41, 5.74) is 7.74. The Hall–Kier alpha value is -0.470. The molecule has 1 rings (SSSR count). The molecule has 0 aromatic heterocycles. The molecule has 0 radical (unpaired) electrons. The zero-order valence-electron chi connectivity index (χ0n) is 11.7. The molecule has 0 saturated heterocycles. The normalized spacial score (nSPS) is 14.1. The third kappa shape index (κ3) is 4.72. The van der Waals surface area contributed by atoms with E-state index in [4.69, 9.17) is 5.73 Å². The minimum Gasteiger partial charge on any atom is -0.326 e. The second-order valence-electron chi connectivity index (χ2n) is 6.01. The lowest BCUT2D eigenvalue weighted by molar-refractivity contribution is 0.344. The van der Waals surface area contributed by atoms with Crippen LogP contribution in [0.3, 0.4) is 0 Å². The van der Waals surface area contributed by atoms with Crippen molar-refractivity contribution in [2.75, 3.05) is 5.75 Å². The van der Waals surface area contributed by atoms with Gasteiger partial charge in [0.2, 0.25) is 0 Å². The first kappa shape index (κ1) is 14.6. The van der Waals surface area contributed by atoms with Gasteiger partial charge in [-0.05, 0) is 29.0 Å². The maximum atomic E-state index is 6.16. The largest absolute Gasteiger partial charge is 0.326 e. The summed E-state index contributed by atoms with van der Waals surface area (Å²) in [5, 5.41) is 0. The highest BCUT2D eigenvalue weighted by Crippen LogP contribution is 2.26. The van der Waals surface area contributed by atoms with E-state index in [-0.39, 0.29) is 11.5 Å². The van der Waals surface area contributed by atoms with Crippen LogP contribution >= 0.6 is 11.8 Å². The van der Waals surface area contributed by atoms with Gasteiger partial charge >= 0.3 is 0 Å². The van der Waals surface area contributed by atoms with Crippen molar-refractivity contribution in [2.24, 2.45) is 11.1 Å². The number of hydrogen-bond donors (Lipinski definition) is 1. The quantitative estimate of drug-likeness (QED) is 0.808. The van der Waals surface area contributed by atoms with E-state index < -0.39 is 0 Å². The van der Waals surface area contributed by atoms with Gasteiger partial charge in [-0.3, -0.25) is 0 Å². The summed E-state index contributed by atoms with van der Waals surface area (Å²) in [5.74, 6) is 1.58. The molecule has 1 aromatic carbocycles. The highest BCUT2D eigenvalue weighted by Gasteiger charge is 2.20. The summed E-state index contributed by atoms with van der Waals surface area (Å²) < 4.78 is 0. The van der Waals surface area contributed by atoms with E-state index in [9.17, 15) is 0 Å². The fourth-order valence-electron chi connectivity index (χ4n) is 1.38. The van der Waals surface area contributed by atoms with Gasteiger partial charge in [0.25, 0.3) is 0 Å². The Bertz CT molecular complexity index is 335. The molecule has 0 aliphatic rings. The van der Waals surface area contributed by atoms with Gasteiger partial charge in [0.05, 0.1) is 0 Å². The van der Waals surface area contributed by atoms with Crippen molar-refractivity contribution in [3.8, 4) is 0 Å². The fourth-order valence-corrected chi connectivity index (χ4v) is 2.59. The first-order valence-corrected chi connectivity index (χ1v) is 7.27. The molecule has 0 saturated carbocycles. The standard InChI is InChI=1S/C15H25NS/c1-11(2)12-6-8-13(9-7-12)17-10-14(16)15(3,4)5/h6-9,11,14H,10,16H2,1-5H3. The number of hydrogen-bond acceptors (Lipinski definition) is 2. The average Bonchev–Trinajstić information content (AvgIpc) is 2.25. The maximum absolute atomic E-state index is 6.16. The number of benzene rings is 1. The molecular weight excluding hydrogens is 226 g/mol. The molecule has 2 heteroatoms. The minimum atomic E-state index is 0.185. The van der Waals surface area contributed by atoms with Gasteiger partial charge in [-0.25, -0.2) is 0 Å². The number of rotatable bonds is 4. The molecule has 17 heavy (non-hydrogen) atoms. The molecule has 0 aliphatic carbocycles. The second-order valence-corrected chi connectivity index (χ2v) is 7.10. The van der Waals surface area contributed by atoms with Gasteiger partial charge in [0.15, 0.2) is 0 Å². The molecule has 1 atom stereocenters. The van der Waals surface area contributed by atoms with Crippen molar-refractivity contribution in [2.45, 2.75) is 51.5 Å². The van der Waals surface area contributed by atoms with Gasteiger partial charge in [0, 0.05) is 16.7 Å². The van der Waals surface area contributed by atoms with E-state index in [2.05, 4.69) is 58.9 Å². The Morgan fingerprint density at radius 3 is 2.06 bits per heavy atom. The van der Waals surface area contributed by atoms with E-state index in [1.807, 2.05) is 11.8 Å². The van der Waals surface area contributed by atoms with Crippen LogP contribution < -0.4 is 5.73 Å². The van der Waals surface area contributed by atoms with Crippen molar-refractivity contribution in [3.63, 3.8) is 0 Å². The van der Waals surface area contributed by atoms with E-state index in [0.29, 0.717) is 5.92 Å². The van der Waals surface area contributed by atoms with Crippen molar-refractivity contribution in [1.29, 1.82) is 0 Å². The number of thioether (sulfide) groups is 1. The van der Waals surface area contributed by atoms with Crippen molar-refractivity contribution >= 4 is 11.8 Å². The third-order valence-electron chi connectivity index (χ3n) is 3.09. The summed E-state index contributed by atoms with van der Waals surface area (Å²) in [6.07, 6.45) is 0. The van der Waals surface area contributed by atoms with E-state index >= 15 is 0 Å². The van der Waals surface area contributed by atoms with Gasteiger partial charge in [0.1, 0.15) is 0 Å². The molecule has 0 aliphatic heterocycles. The summed E-state index contributed by atoms with van der Waals surface area (Å²) in [7, 11) is 0. The van der Waals surface area contributed by atoms with Crippen LogP contribution in [-0.4, -0.2) is 11.8 Å². The van der Waals surface area contributed by atoms with E-state index in [0.717, 1.165) is 5.75 Å². The zero-order valence-corrected chi connectivity index (χ0v) is 12.5. The van der Waals surface area contributed by atoms with Crippen molar-refractivity contribution in [1.82, 2.24) is 0 Å². The SMILES string of the molecule is CC(C)c1ccc(SCC(N)C(C)(C)C)cc1. The summed E-state index contributed by atoms with van der Waals surface area (Å²) >= 11 is 1.85. The average molecular weight is 251 g/mol. The Morgan fingerprint density at radius 1 is 1.12 bits per heavy atom. The lowest BCUT2D eigenvalue weighted by Gasteiger charge is -2.26. The molecule has 2 N–H and O–H groups in total. The Kier molecular flexibility index (Phi) is 5.08. The van der Waals surface area contributed by atoms with Gasteiger partial charge < -0.3 is 5.73 Å². The molecule has 0 amide bonds. The molecule has 0 spiro atoms. The first-order valence-electron chi connectivity index (χ1n) is 6.29. The molecule has 1 unspecified atom stereocenters. The van der Waals surface area contributed by atoms with Crippen molar-refractivity contribution < 1.29 is 0 Å². The van der Waals surface area contributed by atoms with E-state index in [1.165, 1.54) is 10.5 Å². The molecule has 0 fully saturated rings. The van der Waals surface area contributed by atoms with Crippen LogP contribution in [0.15, 0.2) is 29.2 Å². The van der Waals surface area contributed by atoms with Crippen LogP contribution in [0.25, 0.3) is 0 Å². The van der Waals surface area contributed by atoms with Gasteiger partial charge in [-0.1, -0.05) is 46.8 Å². The molecular formula is C15H25NS. The van der Waals surface area contributed by atoms with Gasteiger partial charge in [-0.15, -0.1) is 11.8 Å². The highest BCUT2D eigenvalue weighted by molar-refractivity contribution is 7.99. The third-order valence-corrected chi connectivity index (χ3v) is 4.22. The van der Waals surface area contributed by atoms with Gasteiger partial charge in [-0.2, -0.15) is 0 Å². The Balaban J connectivity index is 2.53. The predicted molar refractivity (Wildman–Crippen MR) is 78.7 cm³/mol. The van der Waals surface area contributed by atoms with Crippen LogP contribution in [0.4, 0.5) is 0 Å². The monoisotopic (exact) mass is 251 g/mol. The predicted octanol–water partition coefficient (Wildman–Crippen LogP) is 4.28. The molecule has 0 bridgehead atoms. The summed E-state index contributed by atoms with van der Waals surface area (Å²) in [4.78, 5) is 1.31.